The Bertz CT molecular complexity index is 784. The highest BCUT2D eigenvalue weighted by Gasteiger charge is 2.19. The summed E-state index contributed by atoms with van der Waals surface area (Å²) in [5.74, 6) is -1.85. The van der Waals surface area contributed by atoms with Gasteiger partial charge in [-0.05, 0) is 40.2 Å². The first-order chi connectivity index (χ1) is 9.83. The van der Waals surface area contributed by atoms with Gasteiger partial charge in [-0.25, -0.2) is 21.9 Å². The number of nitrogens with one attached hydrogen (secondary N) is 1. The smallest absolute Gasteiger partial charge is 0.207 e. The molecule has 0 aromatic heterocycles. The van der Waals surface area contributed by atoms with Crippen molar-refractivity contribution >= 4 is 37.6 Å². The molecule has 2 aromatic carbocycles. The van der Waals surface area contributed by atoms with Crippen molar-refractivity contribution in [2.75, 3.05) is 0 Å². The van der Waals surface area contributed by atoms with E-state index in [0.717, 1.165) is 12.1 Å². The van der Waals surface area contributed by atoms with Crippen molar-refractivity contribution in [2.24, 2.45) is 0 Å². The molecule has 0 aliphatic rings. The third-order valence-electron chi connectivity index (χ3n) is 2.70. The highest BCUT2D eigenvalue weighted by molar-refractivity contribution is 9.10. The second kappa shape index (κ2) is 6.39. The largest absolute Gasteiger partial charge is 0.241 e. The van der Waals surface area contributed by atoms with Gasteiger partial charge in [0.15, 0.2) is 0 Å². The summed E-state index contributed by atoms with van der Waals surface area (Å²) in [5, 5.41) is -0.272. The Morgan fingerprint density at radius 2 is 1.81 bits per heavy atom. The maximum absolute atomic E-state index is 13.7. The van der Waals surface area contributed by atoms with Crippen LogP contribution in [0, 0.1) is 11.6 Å². The fourth-order valence-electron chi connectivity index (χ4n) is 1.64. The van der Waals surface area contributed by atoms with Crippen LogP contribution < -0.4 is 4.72 Å². The number of halogens is 4. The molecule has 0 unspecified atom stereocenters. The molecule has 0 spiro atoms. The number of rotatable bonds is 4. The van der Waals surface area contributed by atoms with E-state index in [2.05, 4.69) is 20.7 Å². The van der Waals surface area contributed by atoms with Gasteiger partial charge in [-0.3, -0.25) is 0 Å². The van der Waals surface area contributed by atoms with Gasteiger partial charge in [0, 0.05) is 16.6 Å². The van der Waals surface area contributed by atoms with E-state index in [1.54, 1.807) is 18.2 Å². The predicted octanol–water partition coefficient (Wildman–Crippen LogP) is 3.86. The molecule has 0 bridgehead atoms. The van der Waals surface area contributed by atoms with Crippen molar-refractivity contribution in [2.45, 2.75) is 11.4 Å². The molecule has 0 fully saturated rings. The minimum absolute atomic E-state index is 0.0205. The Hall–Kier alpha value is -1.02. The van der Waals surface area contributed by atoms with E-state index in [4.69, 9.17) is 11.6 Å². The first-order valence-corrected chi connectivity index (χ1v) is 8.35. The summed E-state index contributed by atoms with van der Waals surface area (Å²) in [6, 6.07) is 8.16. The molecule has 0 saturated carbocycles. The van der Waals surface area contributed by atoms with Gasteiger partial charge in [0.1, 0.15) is 11.6 Å². The maximum Gasteiger partial charge on any atom is 0.241 e. The SMILES string of the molecule is O=S(=O)(NCc1c(F)ccc(Cl)c1F)c1ccccc1Br. The van der Waals surface area contributed by atoms with Gasteiger partial charge >= 0.3 is 0 Å². The van der Waals surface area contributed by atoms with Gasteiger partial charge < -0.3 is 0 Å². The molecule has 3 nitrogen and oxygen atoms in total. The predicted molar refractivity (Wildman–Crippen MR) is 79.5 cm³/mol. The zero-order chi connectivity index (χ0) is 15.6. The molecular formula is C13H9BrClF2NO2S. The van der Waals surface area contributed by atoms with E-state index in [0.29, 0.717) is 4.47 Å². The summed E-state index contributed by atoms with van der Waals surface area (Å²) in [4.78, 5) is -0.0205. The summed E-state index contributed by atoms with van der Waals surface area (Å²) < 4.78 is 54.0. The Balaban J connectivity index is 2.28. The summed E-state index contributed by atoms with van der Waals surface area (Å²) >= 11 is 8.66. The molecule has 112 valence electrons. The van der Waals surface area contributed by atoms with Crippen LogP contribution in [0.4, 0.5) is 8.78 Å². The number of hydrogen-bond acceptors (Lipinski definition) is 2. The monoisotopic (exact) mass is 395 g/mol. The lowest BCUT2D eigenvalue weighted by atomic mass is 10.2. The fourth-order valence-corrected chi connectivity index (χ4v) is 3.81. The summed E-state index contributed by atoms with van der Waals surface area (Å²) in [6.07, 6.45) is 0. The van der Waals surface area contributed by atoms with E-state index in [-0.39, 0.29) is 9.92 Å². The van der Waals surface area contributed by atoms with Gasteiger partial charge in [-0.2, -0.15) is 0 Å². The van der Waals surface area contributed by atoms with Crippen LogP contribution in [0.15, 0.2) is 45.8 Å². The van der Waals surface area contributed by atoms with E-state index in [1.165, 1.54) is 6.07 Å². The molecule has 21 heavy (non-hydrogen) atoms. The molecule has 0 radical (unpaired) electrons. The summed E-state index contributed by atoms with van der Waals surface area (Å²) in [7, 11) is -3.91. The summed E-state index contributed by atoms with van der Waals surface area (Å²) in [6.45, 7) is -0.540. The van der Waals surface area contributed by atoms with Crippen molar-refractivity contribution in [3.63, 3.8) is 0 Å². The normalized spacial score (nSPS) is 11.6. The first kappa shape index (κ1) is 16.4. The van der Waals surface area contributed by atoms with Crippen LogP contribution in [0.3, 0.4) is 0 Å². The number of sulfonamides is 1. The molecular weight excluding hydrogens is 388 g/mol. The van der Waals surface area contributed by atoms with Crippen LogP contribution in [0.1, 0.15) is 5.56 Å². The van der Waals surface area contributed by atoms with Crippen LogP contribution in [0.5, 0.6) is 0 Å². The molecule has 1 N–H and O–H groups in total. The van der Waals surface area contributed by atoms with Crippen LogP contribution in [0.2, 0.25) is 5.02 Å². The van der Waals surface area contributed by atoms with Crippen molar-refractivity contribution < 1.29 is 17.2 Å². The van der Waals surface area contributed by atoms with Crippen molar-refractivity contribution in [3.05, 3.63) is 63.1 Å². The van der Waals surface area contributed by atoms with Crippen LogP contribution >= 0.6 is 27.5 Å². The highest BCUT2D eigenvalue weighted by atomic mass is 79.9. The molecule has 0 aliphatic heterocycles. The zero-order valence-electron chi connectivity index (χ0n) is 10.4. The first-order valence-electron chi connectivity index (χ1n) is 5.69. The molecule has 0 atom stereocenters. The van der Waals surface area contributed by atoms with Gasteiger partial charge in [0.25, 0.3) is 0 Å². The minimum atomic E-state index is -3.91. The standard InChI is InChI=1S/C13H9BrClF2NO2S/c14-9-3-1-2-4-12(9)21(19,20)18-7-8-11(16)6-5-10(15)13(8)17/h1-6,18H,7H2. The lowest BCUT2D eigenvalue weighted by Crippen LogP contribution is -2.24. The molecule has 2 aromatic rings. The lowest BCUT2D eigenvalue weighted by Gasteiger charge is -2.10. The van der Waals surface area contributed by atoms with Crippen molar-refractivity contribution in [1.82, 2.24) is 4.72 Å². The highest BCUT2D eigenvalue weighted by Crippen LogP contribution is 2.23. The number of hydrogen-bond donors (Lipinski definition) is 1. The van der Waals surface area contributed by atoms with Gasteiger partial charge in [-0.1, -0.05) is 23.7 Å². The van der Waals surface area contributed by atoms with Crippen LogP contribution in [0.25, 0.3) is 0 Å². The molecule has 2 rings (SSSR count). The zero-order valence-corrected chi connectivity index (χ0v) is 13.6. The lowest BCUT2D eigenvalue weighted by molar-refractivity contribution is 0.544. The fraction of sp³-hybridized carbons (Fsp3) is 0.0769. The Morgan fingerprint density at radius 3 is 2.48 bits per heavy atom. The van der Waals surface area contributed by atoms with E-state index < -0.39 is 33.8 Å². The number of benzene rings is 2. The second-order valence-corrected chi connectivity index (χ2v) is 7.07. The molecule has 8 heteroatoms. The maximum atomic E-state index is 13.7. The molecule has 0 saturated heterocycles. The molecule has 0 heterocycles. The second-order valence-electron chi connectivity index (χ2n) is 4.08. The van der Waals surface area contributed by atoms with Crippen LogP contribution in [-0.2, 0) is 16.6 Å². The third-order valence-corrected chi connectivity index (χ3v) is 5.41. The van der Waals surface area contributed by atoms with Crippen molar-refractivity contribution in [3.8, 4) is 0 Å². The molecule has 0 aliphatic carbocycles. The average Bonchev–Trinajstić information content (AvgIpc) is 2.43. The van der Waals surface area contributed by atoms with Gasteiger partial charge in [0.2, 0.25) is 10.0 Å². The van der Waals surface area contributed by atoms with E-state index >= 15 is 0 Å². The van der Waals surface area contributed by atoms with Crippen LogP contribution in [-0.4, -0.2) is 8.42 Å². The van der Waals surface area contributed by atoms with E-state index in [9.17, 15) is 17.2 Å². The Labute approximate surface area is 134 Å². The van der Waals surface area contributed by atoms with Gasteiger partial charge in [0.05, 0.1) is 9.92 Å². The molecule has 0 amide bonds. The Morgan fingerprint density at radius 1 is 1.14 bits per heavy atom. The third kappa shape index (κ3) is 3.60. The van der Waals surface area contributed by atoms with E-state index in [1.807, 2.05) is 0 Å². The summed E-state index contributed by atoms with van der Waals surface area (Å²) in [5.41, 5.74) is -0.432. The quantitative estimate of drug-likeness (QED) is 0.798. The minimum Gasteiger partial charge on any atom is -0.207 e. The Kier molecular flexibility index (Phi) is 4.98. The topological polar surface area (TPSA) is 46.2 Å². The average molecular weight is 397 g/mol. The van der Waals surface area contributed by atoms with Gasteiger partial charge in [-0.15, -0.1) is 0 Å². The van der Waals surface area contributed by atoms with Crippen molar-refractivity contribution in [1.29, 1.82) is 0 Å².